The SMILES string of the molecule is COc1ccc(C(C)NC(=O)c2ccncc2Cl)cc1F. The maximum absolute atomic E-state index is 13.7. The molecular weight excluding hydrogens is 295 g/mol. The van der Waals surface area contributed by atoms with Gasteiger partial charge in [0.1, 0.15) is 0 Å². The molecule has 0 aliphatic rings. The van der Waals surface area contributed by atoms with E-state index in [0.29, 0.717) is 11.1 Å². The fourth-order valence-corrected chi connectivity index (χ4v) is 2.07. The normalized spacial score (nSPS) is 11.8. The number of pyridine rings is 1. The van der Waals surface area contributed by atoms with Crippen molar-refractivity contribution in [3.05, 3.63) is 58.6 Å². The number of nitrogens with zero attached hydrogens (tertiary/aromatic N) is 1. The summed E-state index contributed by atoms with van der Waals surface area (Å²) in [5, 5.41) is 3.03. The number of amides is 1. The molecule has 6 heteroatoms. The van der Waals surface area contributed by atoms with Crippen molar-refractivity contribution in [1.29, 1.82) is 0 Å². The van der Waals surface area contributed by atoms with E-state index in [1.165, 1.54) is 37.7 Å². The molecule has 0 bridgehead atoms. The summed E-state index contributed by atoms with van der Waals surface area (Å²) in [5.41, 5.74) is 0.958. The van der Waals surface area contributed by atoms with E-state index in [0.717, 1.165) is 0 Å². The molecule has 110 valence electrons. The highest BCUT2D eigenvalue weighted by molar-refractivity contribution is 6.33. The predicted octanol–water partition coefficient (Wildman–Crippen LogP) is 3.37. The maximum Gasteiger partial charge on any atom is 0.253 e. The molecule has 2 rings (SSSR count). The Kier molecular flexibility index (Phi) is 4.75. The zero-order chi connectivity index (χ0) is 15.4. The fourth-order valence-electron chi connectivity index (χ4n) is 1.87. The number of ether oxygens (including phenoxy) is 1. The second-order valence-electron chi connectivity index (χ2n) is 4.44. The first-order valence-corrected chi connectivity index (χ1v) is 6.64. The van der Waals surface area contributed by atoms with Gasteiger partial charge in [0, 0.05) is 12.4 Å². The smallest absolute Gasteiger partial charge is 0.253 e. The van der Waals surface area contributed by atoms with Crippen molar-refractivity contribution in [2.75, 3.05) is 7.11 Å². The third-order valence-electron chi connectivity index (χ3n) is 3.04. The number of rotatable bonds is 4. The van der Waals surface area contributed by atoms with E-state index in [1.54, 1.807) is 13.0 Å². The minimum Gasteiger partial charge on any atom is -0.494 e. The Morgan fingerprint density at radius 1 is 1.43 bits per heavy atom. The lowest BCUT2D eigenvalue weighted by Crippen LogP contribution is -2.27. The lowest BCUT2D eigenvalue weighted by molar-refractivity contribution is 0.0940. The van der Waals surface area contributed by atoms with Gasteiger partial charge in [0.15, 0.2) is 11.6 Å². The fraction of sp³-hybridized carbons (Fsp3) is 0.200. The zero-order valence-corrected chi connectivity index (χ0v) is 12.3. The number of methoxy groups -OCH3 is 1. The molecule has 0 spiro atoms. The van der Waals surface area contributed by atoms with Crippen LogP contribution in [0.3, 0.4) is 0 Å². The lowest BCUT2D eigenvalue weighted by Gasteiger charge is -2.15. The van der Waals surface area contributed by atoms with Gasteiger partial charge in [-0.3, -0.25) is 9.78 Å². The standard InChI is InChI=1S/C15H14ClFN2O2/c1-9(10-3-4-14(21-2)13(17)7-10)19-15(20)11-5-6-18-8-12(11)16/h3-9H,1-2H3,(H,19,20). The van der Waals surface area contributed by atoms with Crippen LogP contribution in [0.1, 0.15) is 28.9 Å². The number of halogens is 2. The molecule has 21 heavy (non-hydrogen) atoms. The van der Waals surface area contributed by atoms with E-state index < -0.39 is 5.82 Å². The highest BCUT2D eigenvalue weighted by Gasteiger charge is 2.15. The van der Waals surface area contributed by atoms with E-state index >= 15 is 0 Å². The van der Waals surface area contributed by atoms with Gasteiger partial charge in [0.25, 0.3) is 5.91 Å². The average Bonchev–Trinajstić information content (AvgIpc) is 2.47. The molecule has 0 aliphatic carbocycles. The van der Waals surface area contributed by atoms with Gasteiger partial charge >= 0.3 is 0 Å². The molecule has 1 amide bonds. The van der Waals surface area contributed by atoms with Crippen LogP contribution in [0.25, 0.3) is 0 Å². The summed E-state index contributed by atoms with van der Waals surface area (Å²) < 4.78 is 18.5. The zero-order valence-electron chi connectivity index (χ0n) is 11.6. The molecule has 0 aliphatic heterocycles. The topological polar surface area (TPSA) is 51.2 Å². The molecule has 0 saturated heterocycles. The predicted molar refractivity (Wildman–Crippen MR) is 78.1 cm³/mol. The minimum atomic E-state index is -0.474. The molecule has 1 N–H and O–H groups in total. The van der Waals surface area contributed by atoms with E-state index in [4.69, 9.17) is 16.3 Å². The van der Waals surface area contributed by atoms with Gasteiger partial charge in [0.2, 0.25) is 0 Å². The second kappa shape index (κ2) is 6.54. The highest BCUT2D eigenvalue weighted by atomic mass is 35.5. The summed E-state index contributed by atoms with van der Waals surface area (Å²) in [4.78, 5) is 15.9. The van der Waals surface area contributed by atoms with Crippen LogP contribution in [0.2, 0.25) is 5.02 Å². The van der Waals surface area contributed by atoms with Crippen LogP contribution in [-0.2, 0) is 0 Å². The first-order valence-electron chi connectivity index (χ1n) is 6.26. The Hall–Kier alpha value is -2.14. The van der Waals surface area contributed by atoms with E-state index in [-0.39, 0.29) is 22.7 Å². The number of hydrogen-bond acceptors (Lipinski definition) is 3. The second-order valence-corrected chi connectivity index (χ2v) is 4.85. The summed E-state index contributed by atoms with van der Waals surface area (Å²) >= 11 is 5.91. The number of benzene rings is 1. The molecule has 1 atom stereocenters. The van der Waals surface area contributed by atoms with Gasteiger partial charge in [-0.05, 0) is 30.7 Å². The van der Waals surface area contributed by atoms with Crippen molar-refractivity contribution >= 4 is 17.5 Å². The lowest BCUT2D eigenvalue weighted by atomic mass is 10.1. The molecular formula is C15H14ClFN2O2. The Morgan fingerprint density at radius 3 is 2.81 bits per heavy atom. The number of hydrogen-bond donors (Lipinski definition) is 1. The first kappa shape index (κ1) is 15.3. The van der Waals surface area contributed by atoms with Crippen LogP contribution in [0, 0.1) is 5.82 Å². The van der Waals surface area contributed by atoms with Crippen LogP contribution in [-0.4, -0.2) is 18.0 Å². The summed E-state index contributed by atoms with van der Waals surface area (Å²) in [6, 6.07) is 5.70. The van der Waals surface area contributed by atoms with Crippen molar-refractivity contribution in [3.8, 4) is 5.75 Å². The monoisotopic (exact) mass is 308 g/mol. The van der Waals surface area contributed by atoms with E-state index in [9.17, 15) is 9.18 Å². The van der Waals surface area contributed by atoms with Gasteiger partial charge in [-0.15, -0.1) is 0 Å². The third-order valence-corrected chi connectivity index (χ3v) is 3.34. The summed E-state index contributed by atoms with van der Waals surface area (Å²) in [5.74, 6) is -0.654. The summed E-state index contributed by atoms with van der Waals surface area (Å²) in [6.07, 6.45) is 2.88. The van der Waals surface area contributed by atoms with Gasteiger partial charge in [0.05, 0.1) is 23.7 Å². The molecule has 2 aromatic rings. The summed E-state index contributed by atoms with van der Waals surface area (Å²) in [7, 11) is 1.40. The van der Waals surface area contributed by atoms with Gasteiger partial charge in [-0.25, -0.2) is 4.39 Å². The van der Waals surface area contributed by atoms with E-state index in [1.807, 2.05) is 0 Å². The van der Waals surface area contributed by atoms with Crippen LogP contribution in [0.15, 0.2) is 36.7 Å². The largest absolute Gasteiger partial charge is 0.494 e. The van der Waals surface area contributed by atoms with Crippen LogP contribution in [0.5, 0.6) is 5.75 Å². The van der Waals surface area contributed by atoms with Crippen molar-refractivity contribution < 1.29 is 13.9 Å². The Balaban J connectivity index is 2.14. The van der Waals surface area contributed by atoms with Crippen LogP contribution >= 0.6 is 11.6 Å². The number of carbonyl (C=O) groups is 1. The Bertz CT molecular complexity index is 664. The summed E-state index contributed by atoms with van der Waals surface area (Å²) in [6.45, 7) is 1.76. The number of aromatic nitrogens is 1. The molecule has 0 radical (unpaired) electrons. The van der Waals surface area contributed by atoms with Crippen molar-refractivity contribution in [2.24, 2.45) is 0 Å². The first-order chi connectivity index (χ1) is 10.0. The molecule has 0 fully saturated rings. The molecule has 1 aromatic heterocycles. The molecule has 4 nitrogen and oxygen atoms in total. The third kappa shape index (κ3) is 3.49. The quantitative estimate of drug-likeness (QED) is 0.942. The minimum absolute atomic E-state index is 0.162. The molecule has 0 saturated carbocycles. The number of nitrogens with one attached hydrogen (secondary N) is 1. The van der Waals surface area contributed by atoms with Crippen LogP contribution < -0.4 is 10.1 Å². The maximum atomic E-state index is 13.7. The van der Waals surface area contributed by atoms with Crippen molar-refractivity contribution in [1.82, 2.24) is 10.3 Å². The van der Waals surface area contributed by atoms with E-state index in [2.05, 4.69) is 10.3 Å². The molecule has 1 unspecified atom stereocenters. The van der Waals surface area contributed by atoms with Gasteiger partial charge in [-0.1, -0.05) is 17.7 Å². The van der Waals surface area contributed by atoms with Crippen LogP contribution in [0.4, 0.5) is 4.39 Å². The molecule has 1 aromatic carbocycles. The van der Waals surface area contributed by atoms with Crippen molar-refractivity contribution in [2.45, 2.75) is 13.0 Å². The van der Waals surface area contributed by atoms with Crippen molar-refractivity contribution in [3.63, 3.8) is 0 Å². The Morgan fingerprint density at radius 2 is 2.19 bits per heavy atom. The molecule has 1 heterocycles. The number of carbonyl (C=O) groups excluding carboxylic acids is 1. The average molecular weight is 309 g/mol. The van der Waals surface area contributed by atoms with Gasteiger partial charge < -0.3 is 10.1 Å². The van der Waals surface area contributed by atoms with Gasteiger partial charge in [-0.2, -0.15) is 0 Å². The Labute approximate surface area is 126 Å². The highest BCUT2D eigenvalue weighted by Crippen LogP contribution is 2.22.